The molecule has 1 N–H and O–H groups in total. The zero-order valence-electron chi connectivity index (χ0n) is 8.80. The summed E-state index contributed by atoms with van der Waals surface area (Å²) < 4.78 is 0. The van der Waals surface area contributed by atoms with E-state index in [1.807, 2.05) is 19.2 Å². The van der Waals surface area contributed by atoms with Gasteiger partial charge in [0.25, 0.3) is 0 Å². The maximum Gasteiger partial charge on any atom is 0.335 e. The summed E-state index contributed by atoms with van der Waals surface area (Å²) in [6.07, 6.45) is 2.58. The van der Waals surface area contributed by atoms with Crippen LogP contribution in [0.4, 0.5) is 0 Å². The Hall–Kier alpha value is -1.68. The number of nitrogens with zero attached hydrogens (tertiary/aromatic N) is 1. The summed E-state index contributed by atoms with van der Waals surface area (Å²) in [5.74, 6) is -0.887. The first-order chi connectivity index (χ1) is 7.65. The van der Waals surface area contributed by atoms with Gasteiger partial charge in [-0.1, -0.05) is 12.1 Å². The first-order valence-corrected chi connectivity index (χ1v) is 5.70. The lowest BCUT2D eigenvalue weighted by atomic mass is 10.1. The largest absolute Gasteiger partial charge is 0.478 e. The van der Waals surface area contributed by atoms with Crippen LogP contribution in [0.25, 0.3) is 0 Å². The predicted octanol–water partition coefficient (Wildman–Crippen LogP) is 2.74. The standard InChI is InChI=1S/C12H11NO2S/c1-8-13-7-11(16-8)6-9-3-2-4-10(5-9)12(14)15/h2-5,7H,6H2,1H3,(H,14,15). The summed E-state index contributed by atoms with van der Waals surface area (Å²) in [6, 6.07) is 7.01. The van der Waals surface area contributed by atoms with Crippen LogP contribution < -0.4 is 0 Å². The lowest BCUT2D eigenvalue weighted by Gasteiger charge is -2.00. The number of carboxylic acids is 1. The van der Waals surface area contributed by atoms with Gasteiger partial charge in [-0.2, -0.15) is 0 Å². The molecule has 3 nitrogen and oxygen atoms in total. The van der Waals surface area contributed by atoms with Crippen molar-refractivity contribution in [1.82, 2.24) is 4.98 Å². The lowest BCUT2D eigenvalue weighted by molar-refractivity contribution is 0.0697. The Morgan fingerprint density at radius 3 is 2.94 bits per heavy atom. The van der Waals surface area contributed by atoms with Crippen LogP contribution in [-0.2, 0) is 6.42 Å². The maximum absolute atomic E-state index is 10.8. The number of rotatable bonds is 3. The second kappa shape index (κ2) is 4.45. The Bertz CT molecular complexity index is 519. The van der Waals surface area contributed by atoms with Gasteiger partial charge in [-0.3, -0.25) is 0 Å². The van der Waals surface area contributed by atoms with Gasteiger partial charge in [0.05, 0.1) is 10.6 Å². The third-order valence-electron chi connectivity index (χ3n) is 2.22. The van der Waals surface area contributed by atoms with E-state index in [2.05, 4.69) is 4.98 Å². The van der Waals surface area contributed by atoms with Gasteiger partial charge < -0.3 is 5.11 Å². The third-order valence-corrected chi connectivity index (χ3v) is 3.13. The van der Waals surface area contributed by atoms with Crippen molar-refractivity contribution in [2.45, 2.75) is 13.3 Å². The monoisotopic (exact) mass is 233 g/mol. The number of carboxylic acid groups (broad SMARTS) is 1. The summed E-state index contributed by atoms with van der Waals surface area (Å²) in [5, 5.41) is 9.90. The Morgan fingerprint density at radius 1 is 1.50 bits per heavy atom. The van der Waals surface area contributed by atoms with Gasteiger partial charge in [0.2, 0.25) is 0 Å². The SMILES string of the molecule is Cc1ncc(Cc2cccc(C(=O)O)c2)s1. The van der Waals surface area contributed by atoms with Crippen LogP contribution in [0.15, 0.2) is 30.5 Å². The van der Waals surface area contributed by atoms with Gasteiger partial charge in [0, 0.05) is 17.5 Å². The second-order valence-electron chi connectivity index (χ2n) is 3.53. The number of hydrogen-bond acceptors (Lipinski definition) is 3. The molecular formula is C12H11NO2S. The van der Waals surface area contributed by atoms with E-state index in [1.165, 1.54) is 0 Å². The molecule has 82 valence electrons. The molecule has 0 saturated heterocycles. The average molecular weight is 233 g/mol. The molecule has 0 aliphatic rings. The Morgan fingerprint density at radius 2 is 2.31 bits per heavy atom. The minimum Gasteiger partial charge on any atom is -0.478 e. The molecule has 0 saturated carbocycles. The van der Waals surface area contributed by atoms with Gasteiger partial charge in [-0.05, 0) is 24.6 Å². The highest BCUT2D eigenvalue weighted by Gasteiger charge is 2.05. The molecule has 4 heteroatoms. The predicted molar refractivity (Wildman–Crippen MR) is 63.1 cm³/mol. The van der Waals surface area contributed by atoms with Gasteiger partial charge in [-0.15, -0.1) is 11.3 Å². The summed E-state index contributed by atoms with van der Waals surface area (Å²) >= 11 is 1.64. The molecule has 1 aromatic heterocycles. The van der Waals surface area contributed by atoms with E-state index in [4.69, 9.17) is 5.11 Å². The van der Waals surface area contributed by atoms with E-state index in [0.717, 1.165) is 21.9 Å². The fourth-order valence-electron chi connectivity index (χ4n) is 1.50. The highest BCUT2D eigenvalue weighted by Crippen LogP contribution is 2.17. The molecule has 0 bridgehead atoms. The Balaban J connectivity index is 2.21. The van der Waals surface area contributed by atoms with E-state index < -0.39 is 5.97 Å². The van der Waals surface area contributed by atoms with Crippen molar-refractivity contribution in [2.24, 2.45) is 0 Å². The molecule has 0 atom stereocenters. The van der Waals surface area contributed by atoms with Gasteiger partial charge in [0.15, 0.2) is 0 Å². The first kappa shape index (κ1) is 10.8. The molecule has 0 amide bonds. The molecule has 16 heavy (non-hydrogen) atoms. The Kier molecular flexibility index (Phi) is 3.01. The average Bonchev–Trinajstić information content (AvgIpc) is 2.64. The zero-order chi connectivity index (χ0) is 11.5. The molecule has 0 spiro atoms. The molecule has 0 unspecified atom stereocenters. The van der Waals surface area contributed by atoms with Crippen molar-refractivity contribution in [1.29, 1.82) is 0 Å². The number of aromatic nitrogens is 1. The van der Waals surface area contributed by atoms with Gasteiger partial charge in [-0.25, -0.2) is 9.78 Å². The first-order valence-electron chi connectivity index (χ1n) is 4.88. The Labute approximate surface area is 97.4 Å². The van der Waals surface area contributed by atoms with Crippen LogP contribution in [0.2, 0.25) is 0 Å². The molecule has 1 heterocycles. The van der Waals surface area contributed by atoms with Crippen molar-refractivity contribution in [2.75, 3.05) is 0 Å². The van der Waals surface area contributed by atoms with Gasteiger partial charge in [0.1, 0.15) is 0 Å². The molecule has 2 aromatic rings. The van der Waals surface area contributed by atoms with Crippen LogP contribution in [0.3, 0.4) is 0 Å². The van der Waals surface area contributed by atoms with Crippen molar-refractivity contribution in [3.63, 3.8) is 0 Å². The molecule has 0 fully saturated rings. The molecule has 0 aliphatic carbocycles. The highest BCUT2D eigenvalue weighted by atomic mass is 32.1. The van der Waals surface area contributed by atoms with E-state index in [-0.39, 0.29) is 0 Å². The number of benzene rings is 1. The van der Waals surface area contributed by atoms with Crippen LogP contribution in [0.1, 0.15) is 25.8 Å². The zero-order valence-corrected chi connectivity index (χ0v) is 9.62. The number of thiazole rings is 1. The second-order valence-corrected chi connectivity index (χ2v) is 4.85. The quantitative estimate of drug-likeness (QED) is 0.886. The maximum atomic E-state index is 10.8. The summed E-state index contributed by atoms with van der Waals surface area (Å²) in [6.45, 7) is 1.96. The minimum absolute atomic E-state index is 0.332. The van der Waals surface area contributed by atoms with Crippen molar-refractivity contribution < 1.29 is 9.90 Å². The smallest absolute Gasteiger partial charge is 0.335 e. The number of carbonyl (C=O) groups is 1. The van der Waals surface area contributed by atoms with E-state index in [1.54, 1.807) is 29.5 Å². The summed E-state index contributed by atoms with van der Waals surface area (Å²) in [7, 11) is 0. The number of hydrogen-bond donors (Lipinski definition) is 1. The van der Waals surface area contributed by atoms with Crippen LogP contribution >= 0.6 is 11.3 Å². The third kappa shape index (κ3) is 2.46. The number of aryl methyl sites for hydroxylation is 1. The fraction of sp³-hybridized carbons (Fsp3) is 0.167. The fourth-order valence-corrected chi connectivity index (χ4v) is 2.33. The molecule has 0 radical (unpaired) electrons. The van der Waals surface area contributed by atoms with Crippen LogP contribution in [0, 0.1) is 6.92 Å². The molecule has 2 rings (SSSR count). The normalized spacial score (nSPS) is 10.3. The van der Waals surface area contributed by atoms with Crippen LogP contribution in [-0.4, -0.2) is 16.1 Å². The lowest BCUT2D eigenvalue weighted by Crippen LogP contribution is -1.97. The van der Waals surface area contributed by atoms with Crippen molar-refractivity contribution in [3.05, 3.63) is 51.5 Å². The van der Waals surface area contributed by atoms with Gasteiger partial charge >= 0.3 is 5.97 Å². The summed E-state index contributed by atoms with van der Waals surface area (Å²) in [4.78, 5) is 16.1. The topological polar surface area (TPSA) is 50.2 Å². The van der Waals surface area contributed by atoms with Crippen molar-refractivity contribution in [3.8, 4) is 0 Å². The number of aromatic carboxylic acids is 1. The summed E-state index contributed by atoms with van der Waals surface area (Å²) in [5.41, 5.74) is 1.34. The van der Waals surface area contributed by atoms with Crippen LogP contribution in [0.5, 0.6) is 0 Å². The highest BCUT2D eigenvalue weighted by molar-refractivity contribution is 7.11. The van der Waals surface area contributed by atoms with E-state index in [9.17, 15) is 4.79 Å². The van der Waals surface area contributed by atoms with E-state index in [0.29, 0.717) is 5.56 Å². The molecule has 0 aliphatic heterocycles. The molecule has 1 aromatic carbocycles. The minimum atomic E-state index is -0.887. The molecular weight excluding hydrogens is 222 g/mol. The van der Waals surface area contributed by atoms with E-state index >= 15 is 0 Å². The van der Waals surface area contributed by atoms with Crippen molar-refractivity contribution >= 4 is 17.3 Å².